The molecule has 0 radical (unpaired) electrons. The normalized spacial score (nSPS) is 28.7. The Morgan fingerprint density at radius 1 is 1.29 bits per heavy atom. The summed E-state index contributed by atoms with van der Waals surface area (Å²) in [6, 6.07) is -0.911. The van der Waals surface area contributed by atoms with Gasteiger partial charge in [-0.05, 0) is 33.1 Å². The molecule has 7 nitrogen and oxygen atoms in total. The van der Waals surface area contributed by atoms with Crippen LogP contribution in [0, 0.1) is 17.8 Å². The average molecular weight is 344 g/mol. The van der Waals surface area contributed by atoms with Gasteiger partial charge in [-0.15, -0.1) is 0 Å². The van der Waals surface area contributed by atoms with Gasteiger partial charge < -0.3 is 26.0 Å². The number of carboxylic acid groups (broad SMARTS) is 1. The number of nitrogens with two attached hydrogens (primary N) is 1. The minimum atomic E-state index is -1.09. The zero-order valence-electron chi connectivity index (χ0n) is 15.3. The molecule has 1 rings (SSSR count). The summed E-state index contributed by atoms with van der Waals surface area (Å²) >= 11 is 0. The van der Waals surface area contributed by atoms with Gasteiger partial charge in [0.25, 0.3) is 0 Å². The largest absolute Gasteiger partial charge is 0.481 e. The number of ether oxygens (including phenoxy) is 1. The Hall–Kier alpha value is -1.34. The second-order valence-corrected chi connectivity index (χ2v) is 7.66. The van der Waals surface area contributed by atoms with E-state index >= 15 is 0 Å². The van der Waals surface area contributed by atoms with Gasteiger partial charge in [0.15, 0.2) is 0 Å². The van der Waals surface area contributed by atoms with E-state index in [4.69, 9.17) is 10.5 Å². The monoisotopic (exact) mass is 344 g/mol. The molecule has 1 fully saturated rings. The van der Waals surface area contributed by atoms with Gasteiger partial charge in [0.1, 0.15) is 5.60 Å². The number of alkyl carbamates (subject to hydrolysis) is 1. The van der Waals surface area contributed by atoms with Crippen LogP contribution in [0.5, 0.6) is 0 Å². The van der Waals surface area contributed by atoms with Crippen molar-refractivity contribution >= 4 is 12.1 Å². The molecule has 0 heterocycles. The van der Waals surface area contributed by atoms with Crippen LogP contribution in [0.3, 0.4) is 0 Å². The molecule has 0 saturated heterocycles. The van der Waals surface area contributed by atoms with Crippen molar-refractivity contribution in [2.75, 3.05) is 0 Å². The minimum Gasteiger partial charge on any atom is -0.481 e. The first-order valence-corrected chi connectivity index (χ1v) is 8.67. The standard InChI is InChI=1S/C17H32N2O5/c1-6-9(7-2)13(18)12-11(8-10(14(12)20)15(21)22)19-16(23)24-17(3,4)5/h9-14,20H,6-8,18H2,1-5H3,(H,19,23)(H,21,22)/t10-,11?,12?,13+,14?/m1/s1. The van der Waals surface area contributed by atoms with E-state index in [0.29, 0.717) is 0 Å². The highest BCUT2D eigenvalue weighted by atomic mass is 16.6. The van der Waals surface area contributed by atoms with Gasteiger partial charge in [-0.25, -0.2) is 4.79 Å². The molecule has 0 aromatic rings. The lowest BCUT2D eigenvalue weighted by Crippen LogP contribution is -2.51. The Balaban J connectivity index is 2.96. The van der Waals surface area contributed by atoms with Crippen molar-refractivity contribution in [1.82, 2.24) is 5.32 Å². The molecule has 3 unspecified atom stereocenters. The Bertz CT molecular complexity index is 445. The number of hydrogen-bond acceptors (Lipinski definition) is 5. The van der Waals surface area contributed by atoms with Gasteiger partial charge in [-0.3, -0.25) is 4.79 Å². The van der Waals surface area contributed by atoms with Crippen molar-refractivity contribution < 1.29 is 24.5 Å². The number of carbonyl (C=O) groups excluding carboxylic acids is 1. The lowest BCUT2D eigenvalue weighted by atomic mass is 9.81. The number of carbonyl (C=O) groups is 2. The second-order valence-electron chi connectivity index (χ2n) is 7.66. The number of rotatable bonds is 6. The first-order valence-electron chi connectivity index (χ1n) is 8.67. The number of amides is 1. The molecule has 0 spiro atoms. The van der Waals surface area contributed by atoms with Gasteiger partial charge >= 0.3 is 12.1 Å². The van der Waals surface area contributed by atoms with Crippen LogP contribution in [0.15, 0.2) is 0 Å². The van der Waals surface area contributed by atoms with Crippen LogP contribution in [0.2, 0.25) is 0 Å². The summed E-state index contributed by atoms with van der Waals surface area (Å²) in [7, 11) is 0. The highest BCUT2D eigenvalue weighted by molar-refractivity contribution is 5.72. The fourth-order valence-corrected chi connectivity index (χ4v) is 3.58. The molecule has 24 heavy (non-hydrogen) atoms. The van der Waals surface area contributed by atoms with Crippen molar-refractivity contribution in [3.05, 3.63) is 0 Å². The smallest absolute Gasteiger partial charge is 0.407 e. The van der Waals surface area contributed by atoms with E-state index in [1.807, 2.05) is 13.8 Å². The molecule has 5 atom stereocenters. The van der Waals surface area contributed by atoms with E-state index in [1.165, 1.54) is 0 Å². The molecule has 0 aromatic heterocycles. The van der Waals surface area contributed by atoms with Crippen LogP contribution in [0.1, 0.15) is 53.9 Å². The molecule has 1 aliphatic carbocycles. The van der Waals surface area contributed by atoms with Crippen LogP contribution < -0.4 is 11.1 Å². The predicted octanol–water partition coefficient (Wildman–Crippen LogP) is 1.72. The summed E-state index contributed by atoms with van der Waals surface area (Å²) in [6.45, 7) is 9.29. The SMILES string of the molecule is CCC(CC)[C@H](N)C1C(NC(=O)OC(C)(C)C)C[C@@H](C(=O)O)C1O. The van der Waals surface area contributed by atoms with Crippen molar-refractivity contribution in [3.63, 3.8) is 0 Å². The second kappa shape index (κ2) is 8.16. The van der Waals surface area contributed by atoms with Gasteiger partial charge in [0.2, 0.25) is 0 Å². The number of aliphatic hydroxyl groups excluding tert-OH is 1. The van der Waals surface area contributed by atoms with Crippen molar-refractivity contribution in [1.29, 1.82) is 0 Å². The highest BCUT2D eigenvalue weighted by Crippen LogP contribution is 2.37. The Labute approximate surface area is 143 Å². The summed E-state index contributed by atoms with van der Waals surface area (Å²) in [5, 5.41) is 22.5. The van der Waals surface area contributed by atoms with E-state index in [0.717, 1.165) is 12.8 Å². The molecule has 0 aromatic carbocycles. The molecule has 7 heteroatoms. The number of aliphatic hydroxyl groups is 1. The molecule has 0 bridgehead atoms. The van der Waals surface area contributed by atoms with Crippen LogP contribution >= 0.6 is 0 Å². The molecule has 0 aliphatic heterocycles. The molecule has 140 valence electrons. The highest BCUT2D eigenvalue weighted by Gasteiger charge is 2.50. The van der Waals surface area contributed by atoms with Gasteiger partial charge in [0.05, 0.1) is 12.0 Å². The Morgan fingerprint density at radius 3 is 2.25 bits per heavy atom. The third-order valence-corrected chi connectivity index (χ3v) is 4.84. The van der Waals surface area contributed by atoms with Gasteiger partial charge in [-0.1, -0.05) is 26.7 Å². The number of nitrogens with one attached hydrogen (secondary N) is 1. The maximum atomic E-state index is 12.1. The Kier molecular flexibility index (Phi) is 7.04. The first-order chi connectivity index (χ1) is 11.0. The third-order valence-electron chi connectivity index (χ3n) is 4.84. The minimum absolute atomic E-state index is 0.147. The molecular formula is C17H32N2O5. The predicted molar refractivity (Wildman–Crippen MR) is 90.4 cm³/mol. The van der Waals surface area contributed by atoms with E-state index in [1.54, 1.807) is 20.8 Å². The number of aliphatic carboxylic acids is 1. The average Bonchev–Trinajstić information content (AvgIpc) is 2.74. The molecule has 1 amide bonds. The van der Waals surface area contributed by atoms with E-state index < -0.39 is 41.6 Å². The molecule has 5 N–H and O–H groups in total. The van der Waals surface area contributed by atoms with Crippen LogP contribution in [0.25, 0.3) is 0 Å². The van der Waals surface area contributed by atoms with Crippen LogP contribution in [0.4, 0.5) is 4.79 Å². The van der Waals surface area contributed by atoms with E-state index in [9.17, 15) is 19.8 Å². The fourth-order valence-electron chi connectivity index (χ4n) is 3.58. The van der Waals surface area contributed by atoms with E-state index in [2.05, 4.69) is 5.32 Å². The molecule has 1 saturated carbocycles. The van der Waals surface area contributed by atoms with Crippen molar-refractivity contribution in [3.8, 4) is 0 Å². The van der Waals surface area contributed by atoms with Crippen LogP contribution in [-0.2, 0) is 9.53 Å². The summed E-state index contributed by atoms with van der Waals surface area (Å²) in [5.41, 5.74) is 5.69. The lowest BCUT2D eigenvalue weighted by Gasteiger charge is -2.33. The van der Waals surface area contributed by atoms with Gasteiger partial charge in [-0.2, -0.15) is 0 Å². The van der Waals surface area contributed by atoms with Gasteiger partial charge in [0, 0.05) is 18.0 Å². The first kappa shape index (κ1) is 20.7. The maximum Gasteiger partial charge on any atom is 0.407 e. The molecular weight excluding hydrogens is 312 g/mol. The lowest BCUT2D eigenvalue weighted by molar-refractivity contribution is -0.145. The summed E-state index contributed by atoms with van der Waals surface area (Å²) < 4.78 is 5.25. The number of hydrogen-bond donors (Lipinski definition) is 4. The summed E-state index contributed by atoms with van der Waals surface area (Å²) in [6.07, 6.45) is 0.106. The quantitative estimate of drug-likeness (QED) is 0.582. The zero-order valence-corrected chi connectivity index (χ0v) is 15.3. The summed E-state index contributed by atoms with van der Waals surface area (Å²) in [4.78, 5) is 23.5. The van der Waals surface area contributed by atoms with Crippen molar-refractivity contribution in [2.24, 2.45) is 23.5 Å². The topological polar surface area (TPSA) is 122 Å². The summed E-state index contributed by atoms with van der Waals surface area (Å²) in [5.74, 6) is -2.36. The van der Waals surface area contributed by atoms with Crippen LogP contribution in [-0.4, -0.2) is 46.1 Å². The number of carboxylic acids is 1. The van der Waals surface area contributed by atoms with E-state index in [-0.39, 0.29) is 18.4 Å². The zero-order chi connectivity index (χ0) is 18.7. The molecule has 1 aliphatic rings. The Morgan fingerprint density at radius 2 is 1.83 bits per heavy atom. The fraction of sp³-hybridized carbons (Fsp3) is 0.882. The maximum absolute atomic E-state index is 12.1. The third kappa shape index (κ3) is 5.08. The van der Waals surface area contributed by atoms with Crippen molar-refractivity contribution in [2.45, 2.75) is 77.7 Å².